The minimum absolute atomic E-state index is 0.201. The van der Waals surface area contributed by atoms with Crippen LogP contribution < -0.4 is 15.5 Å². The summed E-state index contributed by atoms with van der Waals surface area (Å²) in [6, 6.07) is 0.0946. The molecule has 2 aromatic rings. The largest absolute Gasteiger partial charge is 0.405 e. The highest BCUT2D eigenvalue weighted by molar-refractivity contribution is 7.15. The minimum atomic E-state index is -0.784. The summed E-state index contributed by atoms with van der Waals surface area (Å²) in [6.45, 7) is 2.85. The highest BCUT2D eigenvalue weighted by Crippen LogP contribution is 2.30. The van der Waals surface area contributed by atoms with Gasteiger partial charge in [0.1, 0.15) is 6.10 Å². The van der Waals surface area contributed by atoms with E-state index in [0.29, 0.717) is 24.2 Å². The Morgan fingerprint density at radius 2 is 2.32 bits per heavy atom. The molecule has 9 nitrogen and oxygen atoms in total. The second kappa shape index (κ2) is 5.89. The van der Waals surface area contributed by atoms with Crippen molar-refractivity contribution in [2.24, 2.45) is 0 Å². The van der Waals surface area contributed by atoms with Crippen molar-refractivity contribution in [1.82, 2.24) is 20.5 Å². The van der Waals surface area contributed by atoms with Crippen molar-refractivity contribution in [2.75, 3.05) is 23.8 Å². The van der Waals surface area contributed by atoms with Gasteiger partial charge in [-0.05, 0) is 6.92 Å². The Morgan fingerprint density at radius 3 is 3.00 bits per heavy atom. The average molecular weight is 324 g/mol. The van der Waals surface area contributed by atoms with Crippen LogP contribution in [0.2, 0.25) is 0 Å². The van der Waals surface area contributed by atoms with Crippen LogP contribution in [-0.2, 0) is 13.0 Å². The Kier molecular flexibility index (Phi) is 3.94. The fourth-order valence-electron chi connectivity index (χ4n) is 2.09. The lowest BCUT2D eigenvalue weighted by Crippen LogP contribution is -2.29. The lowest BCUT2D eigenvalue weighted by Gasteiger charge is -2.23. The summed E-state index contributed by atoms with van der Waals surface area (Å²) < 4.78 is 5.45. The van der Waals surface area contributed by atoms with E-state index in [2.05, 4.69) is 25.8 Å². The minimum Gasteiger partial charge on any atom is -0.405 e. The summed E-state index contributed by atoms with van der Waals surface area (Å²) in [4.78, 5) is 18.7. The molecule has 0 fully saturated rings. The molecule has 118 valence electrons. The molecule has 1 aliphatic heterocycles. The number of aliphatic hydroxyl groups is 1. The molecule has 0 bridgehead atoms. The molecular formula is C12H16N6O3S. The van der Waals surface area contributed by atoms with Crippen molar-refractivity contribution < 1.29 is 14.3 Å². The third kappa shape index (κ3) is 2.88. The summed E-state index contributed by atoms with van der Waals surface area (Å²) >= 11 is 1.43. The Bertz CT molecular complexity index is 682. The summed E-state index contributed by atoms with van der Waals surface area (Å²) in [7, 11) is 1.56. The predicted molar refractivity (Wildman–Crippen MR) is 79.9 cm³/mol. The molecule has 10 heteroatoms. The normalized spacial score (nSPS) is 15.3. The van der Waals surface area contributed by atoms with E-state index >= 15 is 0 Å². The second-order valence-corrected chi connectivity index (χ2v) is 5.95. The zero-order chi connectivity index (χ0) is 15.7. The van der Waals surface area contributed by atoms with Gasteiger partial charge in [-0.15, -0.1) is 5.10 Å². The molecule has 2 amide bonds. The van der Waals surface area contributed by atoms with Gasteiger partial charge in [-0.2, -0.15) is 0 Å². The quantitative estimate of drug-likeness (QED) is 0.767. The first-order valence-electron chi connectivity index (χ1n) is 6.80. The highest BCUT2D eigenvalue weighted by atomic mass is 32.1. The number of urea groups is 1. The number of carbonyl (C=O) groups excluding carboxylic acids is 1. The number of nitrogens with zero attached hydrogens (tertiary/aromatic N) is 4. The maximum Gasteiger partial charge on any atom is 0.320 e. The van der Waals surface area contributed by atoms with Crippen LogP contribution in [0.3, 0.4) is 0 Å². The van der Waals surface area contributed by atoms with E-state index in [1.54, 1.807) is 14.0 Å². The van der Waals surface area contributed by atoms with Gasteiger partial charge in [-0.1, -0.05) is 16.4 Å². The monoisotopic (exact) mass is 324 g/mol. The molecule has 0 unspecified atom stereocenters. The molecule has 3 N–H and O–H groups in total. The summed E-state index contributed by atoms with van der Waals surface area (Å²) in [5.41, 5.74) is 0.975. The molecule has 1 atom stereocenters. The molecule has 0 aromatic carbocycles. The van der Waals surface area contributed by atoms with Gasteiger partial charge in [0.2, 0.25) is 5.89 Å². The Morgan fingerprint density at radius 1 is 1.50 bits per heavy atom. The number of aliphatic hydroxyl groups excluding tert-OH is 1. The van der Waals surface area contributed by atoms with Crippen molar-refractivity contribution >= 4 is 28.5 Å². The number of thiazole rings is 1. The van der Waals surface area contributed by atoms with Crippen molar-refractivity contribution in [2.45, 2.75) is 26.0 Å². The zero-order valence-corrected chi connectivity index (χ0v) is 13.0. The number of carbonyl (C=O) groups is 1. The second-order valence-electron chi connectivity index (χ2n) is 4.86. The number of fused-ring (bicyclic) bond motifs is 1. The number of nitrogens with one attached hydrogen (secondary N) is 2. The van der Waals surface area contributed by atoms with Gasteiger partial charge in [0.25, 0.3) is 0 Å². The molecule has 0 saturated carbocycles. The fourth-order valence-corrected chi connectivity index (χ4v) is 3.11. The first-order valence-corrected chi connectivity index (χ1v) is 7.62. The van der Waals surface area contributed by atoms with E-state index < -0.39 is 6.10 Å². The number of anilines is 2. The maximum absolute atomic E-state index is 11.3. The van der Waals surface area contributed by atoms with Gasteiger partial charge in [-0.3, -0.25) is 5.32 Å². The van der Waals surface area contributed by atoms with Crippen LogP contribution in [0.25, 0.3) is 0 Å². The first-order chi connectivity index (χ1) is 10.6. The van der Waals surface area contributed by atoms with Crippen LogP contribution in [0.1, 0.15) is 29.5 Å². The van der Waals surface area contributed by atoms with Crippen LogP contribution >= 0.6 is 11.3 Å². The van der Waals surface area contributed by atoms with Gasteiger partial charge >= 0.3 is 12.0 Å². The van der Waals surface area contributed by atoms with Gasteiger partial charge in [0.15, 0.2) is 5.13 Å². The van der Waals surface area contributed by atoms with Crippen LogP contribution in [0.5, 0.6) is 0 Å². The standard InChI is InChI=1S/C12H16N6O3S/c1-6(19)9-16-17-12(21-9)18-4-3-7-8(5-18)22-11(14-7)15-10(20)13-2/h6,19H,3-5H2,1-2H3,(H2,13,14,15,20)/t6-/m1/s1. The SMILES string of the molecule is CNC(=O)Nc1nc2c(s1)CN(c1nnc([C@@H](C)O)o1)CC2. The molecular weight excluding hydrogens is 308 g/mol. The van der Waals surface area contributed by atoms with E-state index in [9.17, 15) is 9.90 Å². The summed E-state index contributed by atoms with van der Waals surface area (Å²) in [6.07, 6.45) is -0.0541. The smallest absolute Gasteiger partial charge is 0.320 e. The third-order valence-corrected chi connectivity index (χ3v) is 4.23. The van der Waals surface area contributed by atoms with Gasteiger partial charge in [0.05, 0.1) is 12.2 Å². The van der Waals surface area contributed by atoms with Crippen LogP contribution in [0.4, 0.5) is 15.9 Å². The van der Waals surface area contributed by atoms with Crippen LogP contribution in [0, 0.1) is 0 Å². The third-order valence-electron chi connectivity index (χ3n) is 3.24. The molecule has 2 aromatic heterocycles. The zero-order valence-electron chi connectivity index (χ0n) is 12.2. The van der Waals surface area contributed by atoms with Gasteiger partial charge in [-0.25, -0.2) is 9.78 Å². The van der Waals surface area contributed by atoms with Crippen LogP contribution in [-0.4, -0.2) is 39.9 Å². The summed E-state index contributed by atoms with van der Waals surface area (Å²) in [5.74, 6) is 0.201. The van der Waals surface area contributed by atoms with E-state index in [4.69, 9.17) is 4.42 Å². The van der Waals surface area contributed by atoms with Gasteiger partial charge < -0.3 is 19.7 Å². The van der Waals surface area contributed by atoms with Crippen LogP contribution in [0.15, 0.2) is 4.42 Å². The first kappa shape index (κ1) is 14.7. The number of amides is 2. The molecule has 1 aliphatic rings. The Balaban J connectivity index is 1.74. The van der Waals surface area contributed by atoms with Gasteiger partial charge in [0, 0.05) is 24.9 Å². The van der Waals surface area contributed by atoms with Crippen molar-refractivity contribution in [3.05, 3.63) is 16.5 Å². The molecule has 3 heterocycles. The molecule has 0 radical (unpaired) electrons. The lowest BCUT2D eigenvalue weighted by molar-refractivity contribution is 0.163. The lowest BCUT2D eigenvalue weighted by atomic mass is 10.2. The predicted octanol–water partition coefficient (Wildman–Crippen LogP) is 0.893. The highest BCUT2D eigenvalue weighted by Gasteiger charge is 2.25. The van der Waals surface area contributed by atoms with E-state index in [1.807, 2.05) is 4.90 Å². The van der Waals surface area contributed by atoms with E-state index in [0.717, 1.165) is 17.0 Å². The Hall–Kier alpha value is -2.20. The van der Waals surface area contributed by atoms with E-state index in [-0.39, 0.29) is 11.9 Å². The number of hydrogen-bond donors (Lipinski definition) is 3. The molecule has 0 spiro atoms. The summed E-state index contributed by atoms with van der Waals surface area (Å²) in [5, 5.41) is 22.9. The molecule has 0 aliphatic carbocycles. The molecule has 22 heavy (non-hydrogen) atoms. The number of hydrogen-bond acceptors (Lipinski definition) is 8. The molecule has 3 rings (SSSR count). The van der Waals surface area contributed by atoms with Crippen molar-refractivity contribution in [3.8, 4) is 0 Å². The number of rotatable bonds is 3. The van der Waals surface area contributed by atoms with E-state index in [1.165, 1.54) is 11.3 Å². The Labute approximate surface area is 130 Å². The van der Waals surface area contributed by atoms with Crippen molar-refractivity contribution in [1.29, 1.82) is 0 Å². The average Bonchev–Trinajstić information content (AvgIpc) is 3.12. The topological polar surface area (TPSA) is 116 Å². The fraction of sp³-hybridized carbons (Fsp3) is 0.500. The van der Waals surface area contributed by atoms with Crippen molar-refractivity contribution in [3.63, 3.8) is 0 Å². The molecule has 0 saturated heterocycles. The number of aromatic nitrogens is 3. The maximum atomic E-state index is 11.3.